The Balaban J connectivity index is 1.39. The van der Waals surface area contributed by atoms with Crippen molar-refractivity contribution in [3.8, 4) is 11.3 Å². The minimum absolute atomic E-state index is 0.109. The predicted molar refractivity (Wildman–Crippen MR) is 123 cm³/mol. The molecule has 1 aliphatic heterocycles. The highest BCUT2D eigenvalue weighted by Gasteiger charge is 2.17. The summed E-state index contributed by atoms with van der Waals surface area (Å²) in [5.74, 6) is 1.15. The summed E-state index contributed by atoms with van der Waals surface area (Å²) in [6.07, 6.45) is 2.40. The first-order chi connectivity index (χ1) is 15.0. The van der Waals surface area contributed by atoms with Crippen molar-refractivity contribution in [2.24, 2.45) is 0 Å². The Kier molecular flexibility index (Phi) is 6.59. The Morgan fingerprint density at radius 3 is 2.71 bits per heavy atom. The number of ether oxygens (including phenoxy) is 1. The molecule has 1 saturated heterocycles. The van der Waals surface area contributed by atoms with Gasteiger partial charge in [-0.2, -0.15) is 0 Å². The van der Waals surface area contributed by atoms with Crippen molar-refractivity contribution in [3.05, 3.63) is 64.6 Å². The fraction of sp³-hybridized carbons (Fsp3) is 0.333. The first-order valence-corrected chi connectivity index (χ1v) is 10.8. The molecule has 0 atom stereocenters. The van der Waals surface area contributed by atoms with Gasteiger partial charge in [0, 0.05) is 36.5 Å². The third-order valence-electron chi connectivity index (χ3n) is 5.50. The standard InChI is InChI=1S/C24H26ClN3O3/c1-16-3-4-18(13-17(16)2)22-15-26-24(31-22)8-7-23(29)27-20-14-19(25)5-6-21(20)28-9-11-30-12-10-28/h3-6,13-15H,7-12H2,1-2H3,(H,27,29). The molecule has 7 heteroatoms. The number of nitrogens with zero attached hydrogens (tertiary/aromatic N) is 2. The maximum Gasteiger partial charge on any atom is 0.224 e. The highest BCUT2D eigenvalue weighted by atomic mass is 35.5. The summed E-state index contributed by atoms with van der Waals surface area (Å²) >= 11 is 6.17. The molecular weight excluding hydrogens is 414 g/mol. The van der Waals surface area contributed by atoms with Crippen LogP contribution < -0.4 is 10.2 Å². The van der Waals surface area contributed by atoms with Gasteiger partial charge in [-0.3, -0.25) is 4.79 Å². The number of carbonyl (C=O) groups is 1. The highest BCUT2D eigenvalue weighted by Crippen LogP contribution is 2.30. The van der Waals surface area contributed by atoms with Gasteiger partial charge in [0.15, 0.2) is 11.7 Å². The van der Waals surface area contributed by atoms with Gasteiger partial charge in [0.05, 0.1) is 30.8 Å². The second-order valence-corrected chi connectivity index (χ2v) is 8.16. The fourth-order valence-electron chi connectivity index (χ4n) is 3.58. The van der Waals surface area contributed by atoms with Crippen molar-refractivity contribution in [2.75, 3.05) is 36.5 Å². The van der Waals surface area contributed by atoms with E-state index >= 15 is 0 Å². The molecule has 31 heavy (non-hydrogen) atoms. The van der Waals surface area contributed by atoms with Crippen LogP contribution in [0.2, 0.25) is 5.02 Å². The van der Waals surface area contributed by atoms with Crippen LogP contribution in [0.15, 0.2) is 47.0 Å². The number of hydrogen-bond acceptors (Lipinski definition) is 5. The normalized spacial score (nSPS) is 14.0. The van der Waals surface area contributed by atoms with Crippen LogP contribution in [0.1, 0.15) is 23.4 Å². The van der Waals surface area contributed by atoms with Crippen molar-refractivity contribution in [3.63, 3.8) is 0 Å². The number of benzene rings is 2. The van der Waals surface area contributed by atoms with E-state index in [1.54, 1.807) is 12.3 Å². The summed E-state index contributed by atoms with van der Waals surface area (Å²) in [4.78, 5) is 19.2. The second-order valence-electron chi connectivity index (χ2n) is 7.73. The van der Waals surface area contributed by atoms with Gasteiger partial charge < -0.3 is 19.4 Å². The number of aryl methyl sites for hydroxylation is 3. The summed E-state index contributed by atoms with van der Waals surface area (Å²) in [7, 11) is 0. The van der Waals surface area contributed by atoms with Crippen LogP contribution in [0.25, 0.3) is 11.3 Å². The van der Waals surface area contributed by atoms with Crippen LogP contribution in [0.3, 0.4) is 0 Å². The molecule has 0 spiro atoms. The Labute approximate surface area is 187 Å². The minimum Gasteiger partial charge on any atom is -0.441 e. The van der Waals surface area contributed by atoms with Crippen molar-refractivity contribution in [1.82, 2.24) is 4.98 Å². The molecule has 0 radical (unpaired) electrons. The zero-order chi connectivity index (χ0) is 21.8. The number of aromatic nitrogens is 1. The summed E-state index contributed by atoms with van der Waals surface area (Å²) in [5.41, 5.74) is 5.09. The molecular formula is C24H26ClN3O3. The van der Waals surface area contributed by atoms with Gasteiger partial charge in [0.1, 0.15) is 0 Å². The zero-order valence-corrected chi connectivity index (χ0v) is 18.5. The van der Waals surface area contributed by atoms with Crippen molar-refractivity contribution in [1.29, 1.82) is 0 Å². The minimum atomic E-state index is -0.109. The van der Waals surface area contributed by atoms with Gasteiger partial charge in [-0.15, -0.1) is 0 Å². The van der Waals surface area contributed by atoms with E-state index in [9.17, 15) is 4.79 Å². The molecule has 6 nitrogen and oxygen atoms in total. The van der Waals surface area contributed by atoms with Gasteiger partial charge in [-0.1, -0.05) is 23.7 Å². The maximum atomic E-state index is 12.6. The number of carbonyl (C=O) groups excluding carboxylic acids is 1. The molecule has 0 aliphatic carbocycles. The second kappa shape index (κ2) is 9.54. The molecule has 4 rings (SSSR count). The molecule has 3 aromatic rings. The van der Waals surface area contributed by atoms with Crippen molar-refractivity contribution >= 4 is 28.9 Å². The highest BCUT2D eigenvalue weighted by molar-refractivity contribution is 6.31. The average molecular weight is 440 g/mol. The van der Waals surface area contributed by atoms with Crippen LogP contribution in [-0.2, 0) is 16.0 Å². The Hall–Kier alpha value is -2.83. The molecule has 2 heterocycles. The predicted octanol–water partition coefficient (Wildman–Crippen LogP) is 5.02. The quantitative estimate of drug-likeness (QED) is 0.584. The molecule has 0 unspecified atom stereocenters. The first-order valence-electron chi connectivity index (χ1n) is 10.4. The van der Waals surface area contributed by atoms with Crippen molar-refractivity contribution in [2.45, 2.75) is 26.7 Å². The summed E-state index contributed by atoms with van der Waals surface area (Å²) < 4.78 is 11.3. The van der Waals surface area contributed by atoms with E-state index in [2.05, 4.69) is 41.2 Å². The topological polar surface area (TPSA) is 67.6 Å². The third-order valence-corrected chi connectivity index (χ3v) is 5.73. The van der Waals surface area contributed by atoms with Gasteiger partial charge >= 0.3 is 0 Å². The number of rotatable bonds is 6. The molecule has 2 aromatic carbocycles. The molecule has 1 amide bonds. The molecule has 0 bridgehead atoms. The third kappa shape index (κ3) is 5.27. The van der Waals surface area contributed by atoms with Gasteiger partial charge in [-0.25, -0.2) is 4.98 Å². The first kappa shape index (κ1) is 21.4. The average Bonchev–Trinajstić information content (AvgIpc) is 3.24. The summed E-state index contributed by atoms with van der Waals surface area (Å²) in [6, 6.07) is 11.7. The maximum absolute atomic E-state index is 12.6. The van der Waals surface area contributed by atoms with Gasteiger partial charge in [0.2, 0.25) is 5.91 Å². The van der Waals surface area contributed by atoms with Crippen LogP contribution >= 0.6 is 11.6 Å². The molecule has 1 aromatic heterocycles. The van der Waals surface area contributed by atoms with E-state index in [4.69, 9.17) is 20.8 Å². The number of morpholine rings is 1. The zero-order valence-electron chi connectivity index (χ0n) is 17.8. The van der Waals surface area contributed by atoms with E-state index in [1.807, 2.05) is 18.2 Å². The van der Waals surface area contributed by atoms with Gasteiger partial charge in [0.25, 0.3) is 0 Å². The largest absolute Gasteiger partial charge is 0.441 e. The lowest BCUT2D eigenvalue weighted by Crippen LogP contribution is -2.36. The van der Waals surface area contributed by atoms with E-state index in [1.165, 1.54) is 11.1 Å². The molecule has 162 valence electrons. The van der Waals surface area contributed by atoms with E-state index in [0.717, 1.165) is 24.3 Å². The number of oxazole rings is 1. The van der Waals surface area contributed by atoms with Crippen LogP contribution in [0, 0.1) is 13.8 Å². The van der Waals surface area contributed by atoms with E-state index < -0.39 is 0 Å². The lowest BCUT2D eigenvalue weighted by Gasteiger charge is -2.30. The Bertz CT molecular complexity index is 1070. The molecule has 1 fully saturated rings. The lowest BCUT2D eigenvalue weighted by molar-refractivity contribution is -0.116. The van der Waals surface area contributed by atoms with Crippen LogP contribution in [-0.4, -0.2) is 37.2 Å². The summed E-state index contributed by atoms with van der Waals surface area (Å²) in [5, 5.41) is 3.58. The van der Waals surface area contributed by atoms with E-state index in [-0.39, 0.29) is 12.3 Å². The molecule has 1 N–H and O–H groups in total. The fourth-order valence-corrected chi connectivity index (χ4v) is 3.75. The van der Waals surface area contributed by atoms with Crippen molar-refractivity contribution < 1.29 is 13.9 Å². The molecule has 0 saturated carbocycles. The SMILES string of the molecule is Cc1ccc(-c2cnc(CCC(=O)Nc3cc(Cl)ccc3N3CCOCC3)o2)cc1C. The van der Waals surface area contributed by atoms with Crippen LogP contribution in [0.5, 0.6) is 0 Å². The smallest absolute Gasteiger partial charge is 0.224 e. The number of halogens is 1. The number of nitrogens with one attached hydrogen (secondary N) is 1. The molecule has 1 aliphatic rings. The number of anilines is 2. The number of hydrogen-bond donors (Lipinski definition) is 1. The monoisotopic (exact) mass is 439 g/mol. The number of amides is 1. The van der Waals surface area contributed by atoms with E-state index in [0.29, 0.717) is 42.0 Å². The Morgan fingerprint density at radius 2 is 1.94 bits per heavy atom. The lowest BCUT2D eigenvalue weighted by atomic mass is 10.1. The van der Waals surface area contributed by atoms with Gasteiger partial charge in [-0.05, 0) is 49.2 Å². The van der Waals surface area contributed by atoms with Crippen LogP contribution in [0.4, 0.5) is 11.4 Å². The Morgan fingerprint density at radius 1 is 1.13 bits per heavy atom. The summed E-state index contributed by atoms with van der Waals surface area (Å²) in [6.45, 7) is 7.05.